The first-order chi connectivity index (χ1) is 7.27. The zero-order valence-corrected chi connectivity index (χ0v) is 8.47. The molecule has 0 unspecified atom stereocenters. The van der Waals surface area contributed by atoms with E-state index in [0.717, 1.165) is 0 Å². The topological polar surface area (TPSA) is 145 Å². The van der Waals surface area contributed by atoms with E-state index >= 15 is 0 Å². The van der Waals surface area contributed by atoms with E-state index in [4.69, 9.17) is 35.8 Å². The molecule has 6 N–H and O–H groups in total. The molecule has 0 aliphatic carbocycles. The highest BCUT2D eigenvalue weighted by molar-refractivity contribution is 5.53. The molecule has 9 heteroatoms. The quantitative estimate of drug-likeness (QED) is 0.309. The van der Waals surface area contributed by atoms with Crippen LogP contribution in [0.15, 0.2) is 25.3 Å². The Morgan fingerprint density at radius 3 is 1.12 bits per heavy atom. The van der Waals surface area contributed by atoms with Crippen molar-refractivity contribution in [3.05, 3.63) is 25.3 Å². The van der Waals surface area contributed by atoms with E-state index in [1.54, 1.807) is 0 Å². The highest BCUT2D eigenvalue weighted by Gasteiger charge is 1.80. The van der Waals surface area contributed by atoms with Crippen LogP contribution in [-0.2, 0) is 0 Å². The van der Waals surface area contributed by atoms with Crippen LogP contribution in [0.4, 0.5) is 4.79 Å². The zero-order chi connectivity index (χ0) is 13.6. The number of carboxylic acid groups (broad SMARTS) is 2. The molecule has 0 amide bonds. The van der Waals surface area contributed by atoms with Gasteiger partial charge in [-0.3, -0.25) is 20.8 Å². The van der Waals surface area contributed by atoms with Gasteiger partial charge in [-0.25, -0.2) is 4.79 Å². The van der Waals surface area contributed by atoms with E-state index in [-0.39, 0.29) is 23.5 Å². The second-order valence-electron chi connectivity index (χ2n) is 1.97. The zero-order valence-electron chi connectivity index (χ0n) is 8.47. The lowest BCUT2D eigenvalue weighted by molar-refractivity contribution is -0.299. The first kappa shape index (κ1) is 20.0. The summed E-state index contributed by atoms with van der Waals surface area (Å²) >= 11 is 0. The van der Waals surface area contributed by atoms with Gasteiger partial charge in [0.25, 0.3) is 0 Å². The fourth-order valence-electron chi connectivity index (χ4n) is 0.231. The Hall–Kier alpha value is -1.49. The van der Waals surface area contributed by atoms with Gasteiger partial charge in [0, 0.05) is 0 Å². The van der Waals surface area contributed by atoms with Crippen LogP contribution >= 0.6 is 0 Å². The van der Waals surface area contributed by atoms with Gasteiger partial charge in [0.05, 0.1) is 13.1 Å². The van der Waals surface area contributed by atoms with Crippen molar-refractivity contribution in [1.82, 2.24) is 10.5 Å². The van der Waals surface area contributed by atoms with Crippen LogP contribution in [-0.4, -0.2) is 60.7 Å². The summed E-state index contributed by atoms with van der Waals surface area (Å²) in [4.78, 5) is 8.56. The highest BCUT2D eigenvalue weighted by Crippen LogP contribution is 1.68. The summed E-state index contributed by atoms with van der Waals surface area (Å²) in [5.41, 5.74) is 0. The van der Waals surface area contributed by atoms with Crippen molar-refractivity contribution in [3.8, 4) is 0 Å². The van der Waals surface area contributed by atoms with E-state index in [0.29, 0.717) is 0 Å². The van der Waals surface area contributed by atoms with Gasteiger partial charge in [-0.05, 0) is 0 Å². The highest BCUT2D eigenvalue weighted by atomic mass is 16.8. The van der Waals surface area contributed by atoms with Crippen molar-refractivity contribution in [3.63, 3.8) is 0 Å². The monoisotopic (exact) mass is 240 g/mol. The fourth-order valence-corrected chi connectivity index (χ4v) is 0.231. The predicted octanol–water partition coefficient (Wildman–Crippen LogP) is 0.728. The molecule has 0 spiro atoms. The SMILES string of the molecule is C=CCN(O)O.C=CCN(O)O.O=C(O)O. The van der Waals surface area contributed by atoms with Crippen molar-refractivity contribution >= 4 is 6.16 Å². The van der Waals surface area contributed by atoms with Crippen molar-refractivity contribution in [2.75, 3.05) is 13.1 Å². The summed E-state index contributed by atoms with van der Waals surface area (Å²) in [6.45, 7) is 6.65. The summed E-state index contributed by atoms with van der Waals surface area (Å²) in [6, 6.07) is 0. The third-order valence-electron chi connectivity index (χ3n) is 0.585. The Morgan fingerprint density at radius 2 is 1.12 bits per heavy atom. The molecule has 0 aliphatic heterocycles. The molecule has 16 heavy (non-hydrogen) atoms. The second-order valence-corrected chi connectivity index (χ2v) is 1.97. The van der Waals surface area contributed by atoms with Crippen molar-refractivity contribution in [1.29, 1.82) is 0 Å². The maximum absolute atomic E-state index is 8.56. The molecule has 0 rings (SSSR count). The van der Waals surface area contributed by atoms with Gasteiger partial charge in [0.1, 0.15) is 0 Å². The summed E-state index contributed by atoms with van der Waals surface area (Å²) < 4.78 is 0. The summed E-state index contributed by atoms with van der Waals surface area (Å²) in [7, 11) is 0. The molecule has 0 aliphatic rings. The van der Waals surface area contributed by atoms with Gasteiger partial charge in [-0.15, -0.1) is 13.2 Å². The van der Waals surface area contributed by atoms with Crippen molar-refractivity contribution < 1.29 is 35.8 Å². The molecule has 0 atom stereocenters. The molecule has 0 bridgehead atoms. The van der Waals surface area contributed by atoms with Crippen LogP contribution in [0, 0.1) is 0 Å². The lowest BCUT2D eigenvalue weighted by Gasteiger charge is -1.96. The first-order valence-electron chi connectivity index (χ1n) is 3.72. The third-order valence-corrected chi connectivity index (χ3v) is 0.585. The number of nitrogens with zero attached hydrogens (tertiary/aromatic N) is 2. The Morgan fingerprint density at radius 1 is 0.938 bits per heavy atom. The van der Waals surface area contributed by atoms with Crippen LogP contribution in [0.25, 0.3) is 0 Å². The van der Waals surface area contributed by atoms with Gasteiger partial charge < -0.3 is 10.2 Å². The molecule has 0 aromatic carbocycles. The number of hydrogen-bond acceptors (Lipinski definition) is 7. The molecule has 0 aromatic heterocycles. The number of carbonyl (C=O) groups is 1. The van der Waals surface area contributed by atoms with Crippen LogP contribution < -0.4 is 0 Å². The Bertz CT molecular complexity index is 166. The van der Waals surface area contributed by atoms with E-state index in [2.05, 4.69) is 13.2 Å². The molecular weight excluding hydrogens is 224 g/mol. The Labute approximate surface area is 91.8 Å². The Kier molecular flexibility index (Phi) is 19.9. The average molecular weight is 240 g/mol. The molecule has 0 fully saturated rings. The first-order valence-corrected chi connectivity index (χ1v) is 3.72. The van der Waals surface area contributed by atoms with Crippen LogP contribution in [0.2, 0.25) is 0 Å². The van der Waals surface area contributed by atoms with Crippen LogP contribution in [0.3, 0.4) is 0 Å². The van der Waals surface area contributed by atoms with Gasteiger partial charge in [-0.2, -0.15) is 0 Å². The molecule has 0 saturated heterocycles. The van der Waals surface area contributed by atoms with Crippen molar-refractivity contribution in [2.45, 2.75) is 0 Å². The molecule has 0 saturated carbocycles. The van der Waals surface area contributed by atoms with Gasteiger partial charge in [0.15, 0.2) is 0 Å². The molecular formula is C7H16N2O7. The van der Waals surface area contributed by atoms with E-state index < -0.39 is 6.16 Å². The van der Waals surface area contributed by atoms with Crippen LogP contribution in [0.5, 0.6) is 0 Å². The van der Waals surface area contributed by atoms with Gasteiger partial charge in [0.2, 0.25) is 0 Å². The standard InChI is InChI=1S/2C3H7NO2.CH2O3/c2*1-2-3-4(5)6;2-1(3)4/h2*2,5-6H,1,3H2;(H2,2,3,4). The molecule has 9 nitrogen and oxygen atoms in total. The lowest BCUT2D eigenvalue weighted by atomic mass is 10.7. The predicted molar refractivity (Wildman–Crippen MR) is 51.6 cm³/mol. The minimum absolute atomic E-state index is 0.0625. The summed E-state index contributed by atoms with van der Waals surface area (Å²) in [5, 5.41) is 45.5. The average Bonchev–Trinajstić information content (AvgIpc) is 2.02. The third kappa shape index (κ3) is 81.5. The van der Waals surface area contributed by atoms with E-state index in [9.17, 15) is 0 Å². The Balaban J connectivity index is -0.000000162. The fraction of sp³-hybridized carbons (Fsp3) is 0.286. The smallest absolute Gasteiger partial charge is 0.450 e. The number of rotatable bonds is 4. The molecule has 96 valence electrons. The normalized spacial score (nSPS) is 8.38. The van der Waals surface area contributed by atoms with Crippen LogP contribution in [0.1, 0.15) is 0 Å². The number of hydroxylamine groups is 4. The maximum atomic E-state index is 8.56. The number of hydrogen-bond donors (Lipinski definition) is 6. The van der Waals surface area contributed by atoms with E-state index in [1.165, 1.54) is 12.2 Å². The van der Waals surface area contributed by atoms with Gasteiger partial charge in [-0.1, -0.05) is 22.6 Å². The lowest BCUT2D eigenvalue weighted by Crippen LogP contribution is -2.11. The molecule has 0 aromatic rings. The van der Waals surface area contributed by atoms with E-state index in [1.807, 2.05) is 0 Å². The second kappa shape index (κ2) is 16.0. The minimum Gasteiger partial charge on any atom is -0.450 e. The largest absolute Gasteiger partial charge is 0.503 e. The minimum atomic E-state index is -1.83. The van der Waals surface area contributed by atoms with Gasteiger partial charge >= 0.3 is 6.16 Å². The molecule has 0 radical (unpaired) electrons. The molecule has 0 heterocycles. The van der Waals surface area contributed by atoms with Crippen molar-refractivity contribution in [2.24, 2.45) is 0 Å². The summed E-state index contributed by atoms with van der Waals surface area (Å²) in [6.07, 6.45) is 0.917. The summed E-state index contributed by atoms with van der Waals surface area (Å²) in [5.74, 6) is 0. The maximum Gasteiger partial charge on any atom is 0.503 e.